The molecule has 0 amide bonds. The van der Waals surface area contributed by atoms with E-state index < -0.39 is 30.8 Å². The highest BCUT2D eigenvalue weighted by atomic mass is 19.4. The van der Waals surface area contributed by atoms with Gasteiger partial charge in [0.25, 0.3) is 0 Å². The molecule has 1 aliphatic rings. The highest BCUT2D eigenvalue weighted by Gasteiger charge is 2.45. The molecule has 0 aromatic heterocycles. The minimum absolute atomic E-state index is 0.205. The van der Waals surface area contributed by atoms with Crippen molar-refractivity contribution in [2.24, 2.45) is 5.41 Å². The lowest BCUT2D eigenvalue weighted by atomic mass is 9.86. The average molecular weight is 274 g/mol. The van der Waals surface area contributed by atoms with Gasteiger partial charge in [-0.2, -0.15) is 13.2 Å². The van der Waals surface area contributed by atoms with E-state index in [1.54, 1.807) is 24.3 Å². The number of carboxylic acid groups (broad SMARTS) is 1. The molecule has 0 saturated heterocycles. The molecular weight excluding hydrogens is 261 g/mol. The van der Waals surface area contributed by atoms with Crippen molar-refractivity contribution >= 4 is 5.97 Å². The van der Waals surface area contributed by atoms with E-state index in [9.17, 15) is 23.1 Å². The van der Waals surface area contributed by atoms with Crippen LogP contribution in [0.5, 0.6) is 0 Å². The number of alkyl halides is 3. The Bertz CT molecular complexity index is 457. The smallest absolute Gasteiger partial charge is 0.411 e. The van der Waals surface area contributed by atoms with Crippen LogP contribution in [0.25, 0.3) is 0 Å². The highest BCUT2D eigenvalue weighted by Crippen LogP contribution is 2.37. The summed E-state index contributed by atoms with van der Waals surface area (Å²) in [6, 6.07) is 7.16. The second-order valence-corrected chi connectivity index (χ2v) is 4.82. The normalized spacial score (nSPS) is 17.2. The number of rotatable bonds is 4. The zero-order valence-corrected chi connectivity index (χ0v) is 10.0. The number of fused-ring (bicyclic) bond motifs is 1. The molecule has 1 aliphatic carbocycles. The molecule has 1 N–H and O–H groups in total. The molecular formula is C13H13F3O3. The number of aliphatic carboxylic acids is 1. The van der Waals surface area contributed by atoms with Crippen LogP contribution in [0.4, 0.5) is 13.2 Å². The first-order valence-corrected chi connectivity index (χ1v) is 5.77. The van der Waals surface area contributed by atoms with Crippen LogP contribution in [-0.2, 0) is 22.4 Å². The Morgan fingerprint density at radius 1 is 1.26 bits per heavy atom. The molecule has 6 heteroatoms. The number of halogens is 3. The SMILES string of the molecule is O=C(O)C1(COCC(F)(F)F)Cc2ccccc2C1. The fraction of sp³-hybridized carbons (Fsp3) is 0.462. The van der Waals surface area contributed by atoms with E-state index in [0.717, 1.165) is 11.1 Å². The van der Waals surface area contributed by atoms with Crippen molar-refractivity contribution in [3.63, 3.8) is 0 Å². The number of benzene rings is 1. The second kappa shape index (κ2) is 4.85. The zero-order chi connectivity index (χ0) is 14.1. The molecule has 19 heavy (non-hydrogen) atoms. The van der Waals surface area contributed by atoms with Crippen LogP contribution in [0.15, 0.2) is 24.3 Å². The van der Waals surface area contributed by atoms with E-state index in [1.807, 2.05) is 0 Å². The van der Waals surface area contributed by atoms with Gasteiger partial charge in [0.05, 0.1) is 12.0 Å². The van der Waals surface area contributed by atoms with Crippen LogP contribution in [0.1, 0.15) is 11.1 Å². The summed E-state index contributed by atoms with van der Waals surface area (Å²) in [6.07, 6.45) is -4.03. The number of hydrogen-bond donors (Lipinski definition) is 1. The van der Waals surface area contributed by atoms with Gasteiger partial charge < -0.3 is 9.84 Å². The van der Waals surface area contributed by atoms with Crippen molar-refractivity contribution in [3.05, 3.63) is 35.4 Å². The lowest BCUT2D eigenvalue weighted by Crippen LogP contribution is -2.38. The molecule has 0 unspecified atom stereocenters. The topological polar surface area (TPSA) is 46.5 Å². The fourth-order valence-electron chi connectivity index (χ4n) is 2.37. The maximum Gasteiger partial charge on any atom is 0.411 e. The van der Waals surface area contributed by atoms with Gasteiger partial charge in [0.15, 0.2) is 0 Å². The van der Waals surface area contributed by atoms with Crippen LogP contribution in [0.3, 0.4) is 0 Å². The van der Waals surface area contributed by atoms with Gasteiger partial charge in [-0.15, -0.1) is 0 Å². The Labute approximate surface area is 108 Å². The number of hydrogen-bond acceptors (Lipinski definition) is 2. The van der Waals surface area contributed by atoms with E-state index in [4.69, 9.17) is 0 Å². The maximum atomic E-state index is 12.0. The van der Waals surface area contributed by atoms with Gasteiger partial charge in [-0.3, -0.25) is 4.79 Å². The summed E-state index contributed by atoms with van der Waals surface area (Å²) in [4.78, 5) is 11.4. The van der Waals surface area contributed by atoms with Crippen molar-refractivity contribution in [1.29, 1.82) is 0 Å². The molecule has 104 valence electrons. The lowest BCUT2D eigenvalue weighted by Gasteiger charge is -2.23. The lowest BCUT2D eigenvalue weighted by molar-refractivity contribution is -0.185. The van der Waals surface area contributed by atoms with Crippen LogP contribution in [-0.4, -0.2) is 30.5 Å². The van der Waals surface area contributed by atoms with Crippen LogP contribution in [0, 0.1) is 5.41 Å². The number of carboxylic acids is 1. The Balaban J connectivity index is 2.08. The van der Waals surface area contributed by atoms with Crippen LogP contribution < -0.4 is 0 Å². The number of carbonyl (C=O) groups is 1. The first kappa shape index (κ1) is 13.9. The molecule has 0 fully saturated rings. The van der Waals surface area contributed by atoms with E-state index in [1.165, 1.54) is 0 Å². The first-order chi connectivity index (χ1) is 8.82. The van der Waals surface area contributed by atoms with E-state index in [2.05, 4.69) is 4.74 Å². The van der Waals surface area contributed by atoms with Crippen LogP contribution in [0.2, 0.25) is 0 Å². The standard InChI is InChI=1S/C13H13F3O3/c14-13(15,16)8-19-7-12(11(17)18)5-9-3-1-2-4-10(9)6-12/h1-4H,5-8H2,(H,17,18). The summed E-state index contributed by atoms with van der Waals surface area (Å²) in [5.41, 5.74) is 0.440. The maximum absolute atomic E-state index is 12.0. The molecule has 0 bridgehead atoms. The predicted molar refractivity (Wildman–Crippen MR) is 60.8 cm³/mol. The van der Waals surface area contributed by atoms with Gasteiger partial charge in [-0.05, 0) is 24.0 Å². The summed E-state index contributed by atoms with van der Waals surface area (Å²) < 4.78 is 40.7. The third-order valence-corrected chi connectivity index (χ3v) is 3.27. The van der Waals surface area contributed by atoms with Gasteiger partial charge >= 0.3 is 12.1 Å². The zero-order valence-electron chi connectivity index (χ0n) is 10.0. The van der Waals surface area contributed by atoms with Gasteiger partial charge in [0, 0.05) is 0 Å². The fourth-order valence-corrected chi connectivity index (χ4v) is 2.37. The minimum atomic E-state index is -4.44. The highest BCUT2D eigenvalue weighted by molar-refractivity contribution is 5.77. The van der Waals surface area contributed by atoms with Crippen molar-refractivity contribution in [3.8, 4) is 0 Å². The summed E-state index contributed by atoms with van der Waals surface area (Å²) in [5, 5.41) is 9.30. The van der Waals surface area contributed by atoms with E-state index >= 15 is 0 Å². The molecule has 0 spiro atoms. The summed E-state index contributed by atoms with van der Waals surface area (Å²) in [5.74, 6) is -1.12. The van der Waals surface area contributed by atoms with Crippen molar-refractivity contribution < 1.29 is 27.8 Å². The predicted octanol–water partition coefficient (Wildman–Crippen LogP) is 2.44. The van der Waals surface area contributed by atoms with Crippen molar-refractivity contribution in [1.82, 2.24) is 0 Å². The van der Waals surface area contributed by atoms with E-state index in [0.29, 0.717) is 0 Å². The molecule has 2 rings (SSSR count). The quantitative estimate of drug-likeness (QED) is 0.917. The third-order valence-electron chi connectivity index (χ3n) is 3.27. The third kappa shape index (κ3) is 3.07. The Hall–Kier alpha value is -1.56. The Morgan fingerprint density at radius 2 is 1.79 bits per heavy atom. The largest absolute Gasteiger partial charge is 0.481 e. The molecule has 0 radical (unpaired) electrons. The van der Waals surface area contributed by atoms with Gasteiger partial charge in [0.2, 0.25) is 0 Å². The monoisotopic (exact) mass is 274 g/mol. The minimum Gasteiger partial charge on any atom is -0.481 e. The molecule has 0 saturated carbocycles. The second-order valence-electron chi connectivity index (χ2n) is 4.82. The Kier molecular flexibility index (Phi) is 3.54. The van der Waals surface area contributed by atoms with E-state index in [-0.39, 0.29) is 12.8 Å². The molecule has 0 heterocycles. The molecule has 3 nitrogen and oxygen atoms in total. The molecule has 1 aromatic rings. The number of ether oxygens (including phenoxy) is 1. The van der Waals surface area contributed by atoms with Gasteiger partial charge in [-0.1, -0.05) is 24.3 Å². The summed E-state index contributed by atoms with van der Waals surface area (Å²) in [7, 11) is 0. The van der Waals surface area contributed by atoms with Crippen molar-refractivity contribution in [2.75, 3.05) is 13.2 Å². The molecule has 0 aliphatic heterocycles. The molecule has 0 atom stereocenters. The average Bonchev–Trinajstić information content (AvgIpc) is 2.66. The first-order valence-electron chi connectivity index (χ1n) is 5.77. The van der Waals surface area contributed by atoms with Crippen LogP contribution >= 0.6 is 0 Å². The summed E-state index contributed by atoms with van der Waals surface area (Å²) >= 11 is 0. The van der Waals surface area contributed by atoms with Crippen molar-refractivity contribution in [2.45, 2.75) is 19.0 Å². The van der Waals surface area contributed by atoms with Gasteiger partial charge in [-0.25, -0.2) is 0 Å². The summed E-state index contributed by atoms with van der Waals surface area (Å²) in [6.45, 7) is -1.85. The molecule has 1 aromatic carbocycles. The van der Waals surface area contributed by atoms with Gasteiger partial charge in [0.1, 0.15) is 6.61 Å². The Morgan fingerprint density at radius 3 is 2.21 bits per heavy atom.